The second-order valence-electron chi connectivity index (χ2n) is 5.18. The lowest BCUT2D eigenvalue weighted by atomic mass is 9.80. The normalized spacial score (nSPS) is 23.3. The number of likely N-dealkylation sites (tertiary alicyclic amines) is 1. The quantitative estimate of drug-likeness (QED) is 0.743. The molecule has 0 spiro atoms. The minimum Gasteiger partial charge on any atom is -0.396 e. The summed E-state index contributed by atoms with van der Waals surface area (Å²) in [6, 6.07) is 0. The molecular weight excluding hydrogens is 178 g/mol. The van der Waals surface area contributed by atoms with Crippen LogP contribution in [0, 0.1) is 11.3 Å². The lowest BCUT2D eigenvalue weighted by Gasteiger charge is -2.26. The molecule has 1 heterocycles. The Morgan fingerprint density at radius 3 is 2.57 bits per heavy atom. The van der Waals surface area contributed by atoms with Crippen molar-refractivity contribution >= 4 is 5.91 Å². The predicted molar refractivity (Wildman–Crippen MR) is 55.8 cm³/mol. The fourth-order valence-electron chi connectivity index (χ4n) is 1.83. The average molecular weight is 199 g/mol. The van der Waals surface area contributed by atoms with Crippen LogP contribution < -0.4 is 0 Å². The van der Waals surface area contributed by atoms with E-state index in [2.05, 4.69) is 20.8 Å². The Kier molecular flexibility index (Phi) is 3.53. The third-order valence-corrected chi connectivity index (χ3v) is 3.03. The lowest BCUT2D eigenvalue weighted by molar-refractivity contribution is -0.127. The van der Waals surface area contributed by atoms with Crippen LogP contribution in [0.3, 0.4) is 0 Å². The molecule has 1 fully saturated rings. The summed E-state index contributed by atoms with van der Waals surface area (Å²) in [5, 5.41) is 8.70. The summed E-state index contributed by atoms with van der Waals surface area (Å²) in [5.41, 5.74) is 0.212. The van der Waals surface area contributed by atoms with Crippen LogP contribution in [0.2, 0.25) is 0 Å². The third kappa shape index (κ3) is 2.71. The van der Waals surface area contributed by atoms with Gasteiger partial charge in [0.1, 0.15) is 0 Å². The fourth-order valence-corrected chi connectivity index (χ4v) is 1.83. The summed E-state index contributed by atoms with van der Waals surface area (Å²) in [5.74, 6) is 0.715. The van der Waals surface area contributed by atoms with Crippen molar-refractivity contribution in [2.45, 2.75) is 33.6 Å². The lowest BCUT2D eigenvalue weighted by Crippen LogP contribution is -2.29. The highest BCUT2D eigenvalue weighted by Crippen LogP contribution is 2.34. The highest BCUT2D eigenvalue weighted by molar-refractivity contribution is 5.78. The van der Waals surface area contributed by atoms with Crippen LogP contribution >= 0.6 is 0 Å². The van der Waals surface area contributed by atoms with Gasteiger partial charge in [-0.1, -0.05) is 20.8 Å². The molecule has 1 aliphatic rings. The third-order valence-electron chi connectivity index (χ3n) is 3.03. The van der Waals surface area contributed by atoms with Crippen molar-refractivity contribution in [2.24, 2.45) is 11.3 Å². The van der Waals surface area contributed by atoms with Crippen molar-refractivity contribution < 1.29 is 9.90 Å². The fraction of sp³-hybridized carbons (Fsp3) is 0.909. The van der Waals surface area contributed by atoms with Crippen molar-refractivity contribution in [3.8, 4) is 0 Å². The number of aliphatic hydroxyl groups excluding tert-OH is 1. The minimum absolute atomic E-state index is 0.171. The molecule has 1 rings (SSSR count). The van der Waals surface area contributed by atoms with Crippen LogP contribution in [0.1, 0.15) is 33.6 Å². The molecule has 1 N–H and O–H groups in total. The van der Waals surface area contributed by atoms with Gasteiger partial charge in [-0.25, -0.2) is 0 Å². The standard InChI is InChI=1S/C11H21NO2/c1-11(2,3)9-7-10(14)12(8-9)5-4-6-13/h9,13H,4-8H2,1-3H3. The Morgan fingerprint density at radius 1 is 1.50 bits per heavy atom. The summed E-state index contributed by atoms with van der Waals surface area (Å²) in [6.07, 6.45) is 1.37. The van der Waals surface area contributed by atoms with Crippen molar-refractivity contribution in [2.75, 3.05) is 19.7 Å². The van der Waals surface area contributed by atoms with Crippen molar-refractivity contribution in [3.05, 3.63) is 0 Å². The molecule has 1 aliphatic heterocycles. The highest BCUT2D eigenvalue weighted by atomic mass is 16.3. The summed E-state index contributed by atoms with van der Waals surface area (Å²) in [4.78, 5) is 13.5. The van der Waals surface area contributed by atoms with E-state index in [0.29, 0.717) is 25.3 Å². The van der Waals surface area contributed by atoms with Gasteiger partial charge in [0.05, 0.1) is 0 Å². The van der Waals surface area contributed by atoms with Gasteiger partial charge >= 0.3 is 0 Å². The number of nitrogens with zero attached hydrogens (tertiary/aromatic N) is 1. The van der Waals surface area contributed by atoms with Crippen LogP contribution in [-0.2, 0) is 4.79 Å². The summed E-state index contributed by atoms with van der Waals surface area (Å²) in [7, 11) is 0. The number of carbonyl (C=O) groups excluding carboxylic acids is 1. The van der Waals surface area contributed by atoms with Gasteiger partial charge in [-0.15, -0.1) is 0 Å². The van der Waals surface area contributed by atoms with E-state index < -0.39 is 0 Å². The maximum Gasteiger partial charge on any atom is 0.222 e. The average Bonchev–Trinajstić information content (AvgIpc) is 2.43. The van der Waals surface area contributed by atoms with Gasteiger partial charge in [0.25, 0.3) is 0 Å². The summed E-state index contributed by atoms with van der Waals surface area (Å²) >= 11 is 0. The van der Waals surface area contributed by atoms with Gasteiger partial charge in [0.15, 0.2) is 0 Å². The molecule has 1 saturated heterocycles. The van der Waals surface area contributed by atoms with E-state index in [1.807, 2.05) is 4.90 Å². The Hall–Kier alpha value is -0.570. The first-order chi connectivity index (χ1) is 6.45. The molecule has 0 aromatic heterocycles. The summed E-state index contributed by atoms with van der Waals surface area (Å²) < 4.78 is 0. The van der Waals surface area contributed by atoms with Gasteiger partial charge < -0.3 is 10.0 Å². The second-order valence-corrected chi connectivity index (χ2v) is 5.18. The van der Waals surface area contributed by atoms with Crippen LogP contribution in [0.4, 0.5) is 0 Å². The molecule has 14 heavy (non-hydrogen) atoms. The molecule has 0 bridgehead atoms. The van der Waals surface area contributed by atoms with Crippen LogP contribution in [-0.4, -0.2) is 35.6 Å². The predicted octanol–water partition coefficient (Wildman–Crippen LogP) is 1.26. The molecule has 82 valence electrons. The zero-order valence-electron chi connectivity index (χ0n) is 9.42. The van der Waals surface area contributed by atoms with Gasteiger partial charge in [0.2, 0.25) is 5.91 Å². The number of hydrogen-bond acceptors (Lipinski definition) is 2. The van der Waals surface area contributed by atoms with E-state index in [9.17, 15) is 4.79 Å². The molecule has 0 aromatic rings. The van der Waals surface area contributed by atoms with E-state index in [4.69, 9.17) is 5.11 Å². The Morgan fingerprint density at radius 2 is 2.14 bits per heavy atom. The molecule has 0 saturated carbocycles. The molecule has 0 aliphatic carbocycles. The van der Waals surface area contributed by atoms with E-state index in [1.54, 1.807) is 0 Å². The molecule has 1 unspecified atom stereocenters. The SMILES string of the molecule is CC(C)(C)C1CC(=O)N(CCCO)C1. The van der Waals surface area contributed by atoms with E-state index in [0.717, 1.165) is 6.54 Å². The number of aliphatic hydroxyl groups is 1. The maximum atomic E-state index is 11.6. The van der Waals surface area contributed by atoms with Crippen LogP contribution in [0.15, 0.2) is 0 Å². The smallest absolute Gasteiger partial charge is 0.222 e. The van der Waals surface area contributed by atoms with Crippen molar-refractivity contribution in [1.29, 1.82) is 0 Å². The van der Waals surface area contributed by atoms with Crippen LogP contribution in [0.25, 0.3) is 0 Å². The first-order valence-corrected chi connectivity index (χ1v) is 5.34. The van der Waals surface area contributed by atoms with E-state index >= 15 is 0 Å². The number of rotatable bonds is 3. The van der Waals surface area contributed by atoms with E-state index in [-0.39, 0.29) is 17.9 Å². The minimum atomic E-state index is 0.171. The molecular formula is C11H21NO2. The first-order valence-electron chi connectivity index (χ1n) is 5.34. The van der Waals surface area contributed by atoms with Gasteiger partial charge in [-0.3, -0.25) is 4.79 Å². The zero-order valence-corrected chi connectivity index (χ0v) is 9.42. The van der Waals surface area contributed by atoms with E-state index in [1.165, 1.54) is 0 Å². The largest absolute Gasteiger partial charge is 0.396 e. The summed E-state index contributed by atoms with van der Waals surface area (Å²) in [6.45, 7) is 8.29. The second kappa shape index (κ2) is 4.30. The molecule has 3 nitrogen and oxygen atoms in total. The topological polar surface area (TPSA) is 40.5 Å². The van der Waals surface area contributed by atoms with Crippen LogP contribution in [0.5, 0.6) is 0 Å². The van der Waals surface area contributed by atoms with Gasteiger partial charge in [-0.2, -0.15) is 0 Å². The van der Waals surface area contributed by atoms with Crippen molar-refractivity contribution in [1.82, 2.24) is 4.90 Å². The maximum absolute atomic E-state index is 11.6. The molecule has 1 atom stereocenters. The van der Waals surface area contributed by atoms with Gasteiger partial charge in [0, 0.05) is 26.1 Å². The number of amides is 1. The van der Waals surface area contributed by atoms with Gasteiger partial charge in [-0.05, 0) is 17.8 Å². The Balaban J connectivity index is 2.47. The molecule has 1 amide bonds. The van der Waals surface area contributed by atoms with Crippen molar-refractivity contribution in [3.63, 3.8) is 0 Å². The Labute approximate surface area is 86.1 Å². The first kappa shape index (κ1) is 11.5. The Bertz CT molecular complexity index is 208. The molecule has 0 aromatic carbocycles. The molecule has 3 heteroatoms. The zero-order chi connectivity index (χ0) is 10.8. The highest BCUT2D eigenvalue weighted by Gasteiger charge is 2.36. The number of hydrogen-bond donors (Lipinski definition) is 1. The monoisotopic (exact) mass is 199 g/mol. The molecule has 0 radical (unpaired) electrons. The number of carbonyl (C=O) groups is 1.